The quantitative estimate of drug-likeness (QED) is 0.302. The molecule has 110 valence electrons. The number of rotatable bonds is 5. The van der Waals surface area contributed by atoms with Crippen LogP contribution in [0.2, 0.25) is 0 Å². The highest BCUT2D eigenvalue weighted by molar-refractivity contribution is 5.81. The van der Waals surface area contributed by atoms with Crippen molar-refractivity contribution in [3.8, 4) is 0 Å². The Bertz CT molecular complexity index is 590. The predicted octanol–water partition coefficient (Wildman–Crippen LogP) is -2.96. The summed E-state index contributed by atoms with van der Waals surface area (Å²) in [6, 6.07) is 0. The van der Waals surface area contributed by atoms with Gasteiger partial charge in [0.2, 0.25) is 0 Å². The number of aliphatic hydroxyl groups excluding tert-OH is 5. The van der Waals surface area contributed by atoms with Crippen molar-refractivity contribution in [2.24, 2.45) is 0 Å². The van der Waals surface area contributed by atoms with Crippen LogP contribution in [-0.2, 0) is 0 Å². The maximum Gasteiger partial charge on any atom is 0.183 e. The van der Waals surface area contributed by atoms with E-state index in [-0.39, 0.29) is 22.8 Å². The molecule has 0 fully saturated rings. The van der Waals surface area contributed by atoms with E-state index in [0.29, 0.717) is 0 Å². The average molecular weight is 285 g/mol. The fraction of sp³-hybridized carbons (Fsp3) is 0.500. The second-order valence-electron chi connectivity index (χ2n) is 4.26. The summed E-state index contributed by atoms with van der Waals surface area (Å²) in [5.41, 5.74) is 6.06. The van der Waals surface area contributed by atoms with Gasteiger partial charge in [0.15, 0.2) is 11.5 Å². The van der Waals surface area contributed by atoms with Gasteiger partial charge >= 0.3 is 0 Å². The van der Waals surface area contributed by atoms with Crippen LogP contribution in [0.3, 0.4) is 0 Å². The lowest BCUT2D eigenvalue weighted by atomic mass is 10.0. The Labute approximate surface area is 112 Å². The molecule has 0 aliphatic heterocycles. The summed E-state index contributed by atoms with van der Waals surface area (Å²) < 4.78 is 0. The summed E-state index contributed by atoms with van der Waals surface area (Å²) >= 11 is 0. The molecule has 0 saturated heterocycles. The maximum atomic E-state index is 9.91. The molecular weight excluding hydrogens is 270 g/mol. The zero-order valence-corrected chi connectivity index (χ0v) is 10.2. The summed E-state index contributed by atoms with van der Waals surface area (Å²) in [6.07, 6.45) is -5.53. The monoisotopic (exact) mass is 285 g/mol. The Balaban J connectivity index is 2.26. The smallest absolute Gasteiger partial charge is 0.183 e. The maximum absolute atomic E-state index is 9.91. The lowest BCUT2D eigenvalue weighted by Crippen LogP contribution is -2.42. The topological polar surface area (TPSA) is 182 Å². The molecular formula is C10H15N5O5. The molecule has 0 aliphatic rings. The van der Waals surface area contributed by atoms with E-state index in [1.165, 1.54) is 6.33 Å². The second kappa shape index (κ2) is 5.64. The molecule has 0 aromatic carbocycles. The van der Waals surface area contributed by atoms with E-state index in [1.807, 2.05) is 0 Å². The Kier molecular flexibility index (Phi) is 4.11. The second-order valence-corrected chi connectivity index (χ2v) is 4.26. The van der Waals surface area contributed by atoms with Gasteiger partial charge in [-0.15, -0.1) is 0 Å². The van der Waals surface area contributed by atoms with E-state index in [1.54, 1.807) is 0 Å². The van der Waals surface area contributed by atoms with Gasteiger partial charge in [-0.2, -0.15) is 0 Å². The molecule has 10 nitrogen and oxygen atoms in total. The number of aromatic nitrogens is 4. The van der Waals surface area contributed by atoms with Crippen LogP contribution < -0.4 is 5.73 Å². The first kappa shape index (κ1) is 14.6. The fourth-order valence-corrected chi connectivity index (χ4v) is 1.69. The van der Waals surface area contributed by atoms with E-state index in [9.17, 15) is 20.4 Å². The van der Waals surface area contributed by atoms with Gasteiger partial charge in [0.05, 0.1) is 6.61 Å². The molecule has 0 bridgehead atoms. The molecule has 0 saturated carbocycles. The third-order valence-corrected chi connectivity index (χ3v) is 2.87. The average Bonchev–Trinajstić information content (AvgIpc) is 2.89. The lowest BCUT2D eigenvalue weighted by Gasteiger charge is -2.24. The van der Waals surface area contributed by atoms with Crippen LogP contribution in [0.4, 0.5) is 5.82 Å². The Hall–Kier alpha value is -1.85. The van der Waals surface area contributed by atoms with E-state index in [0.717, 1.165) is 0 Å². The van der Waals surface area contributed by atoms with Crippen LogP contribution in [0, 0.1) is 0 Å². The highest BCUT2D eigenvalue weighted by atomic mass is 16.4. The molecule has 2 aromatic heterocycles. The number of H-pyrrole nitrogens is 1. The van der Waals surface area contributed by atoms with Crippen molar-refractivity contribution in [1.29, 1.82) is 0 Å². The van der Waals surface area contributed by atoms with E-state index < -0.39 is 31.0 Å². The molecule has 2 heterocycles. The summed E-state index contributed by atoms with van der Waals surface area (Å²) in [5.74, 6) is 0.0234. The Morgan fingerprint density at radius 3 is 2.45 bits per heavy atom. The Morgan fingerprint density at radius 1 is 1.15 bits per heavy atom. The summed E-state index contributed by atoms with van der Waals surface area (Å²) in [6.45, 7) is -0.760. The van der Waals surface area contributed by atoms with Crippen LogP contribution >= 0.6 is 0 Å². The molecule has 0 spiro atoms. The number of nitrogens with one attached hydrogen (secondary N) is 1. The first-order chi connectivity index (χ1) is 9.45. The number of nitrogens with zero attached hydrogens (tertiary/aromatic N) is 3. The van der Waals surface area contributed by atoms with Crippen LogP contribution in [0.5, 0.6) is 0 Å². The van der Waals surface area contributed by atoms with Crippen molar-refractivity contribution in [2.75, 3.05) is 12.3 Å². The fourth-order valence-electron chi connectivity index (χ4n) is 1.69. The van der Waals surface area contributed by atoms with Crippen molar-refractivity contribution in [2.45, 2.75) is 24.4 Å². The number of nitrogen functional groups attached to an aromatic ring is 1. The van der Waals surface area contributed by atoms with Crippen molar-refractivity contribution in [3.05, 3.63) is 12.2 Å². The highest BCUT2D eigenvalue weighted by Gasteiger charge is 2.32. The zero-order chi connectivity index (χ0) is 14.9. The number of hydrogen-bond acceptors (Lipinski definition) is 9. The summed E-state index contributed by atoms with van der Waals surface area (Å²) in [5, 5.41) is 47.1. The van der Waals surface area contributed by atoms with E-state index >= 15 is 0 Å². The SMILES string of the molecule is Nc1ncnc2nc(C(O)C(O)C(O)C(O)CO)[nH]c12. The van der Waals surface area contributed by atoms with Crippen molar-refractivity contribution in [3.63, 3.8) is 0 Å². The third-order valence-electron chi connectivity index (χ3n) is 2.87. The van der Waals surface area contributed by atoms with Crippen LogP contribution in [0.1, 0.15) is 11.9 Å². The number of hydrogen-bond donors (Lipinski definition) is 7. The van der Waals surface area contributed by atoms with Gasteiger partial charge in [-0.3, -0.25) is 0 Å². The number of anilines is 1. The molecule has 20 heavy (non-hydrogen) atoms. The summed E-state index contributed by atoms with van der Waals surface area (Å²) in [4.78, 5) is 14.1. The van der Waals surface area contributed by atoms with Gasteiger partial charge in [-0.1, -0.05) is 0 Å². The van der Waals surface area contributed by atoms with Crippen LogP contribution in [0.25, 0.3) is 11.2 Å². The number of aromatic amines is 1. The normalized spacial score (nSPS) is 17.9. The van der Waals surface area contributed by atoms with Crippen LogP contribution in [0.15, 0.2) is 6.33 Å². The molecule has 0 radical (unpaired) electrons. The minimum absolute atomic E-state index is 0.0936. The van der Waals surface area contributed by atoms with E-state index in [4.69, 9.17) is 10.8 Å². The number of imidazole rings is 1. The van der Waals surface area contributed by atoms with Gasteiger partial charge in [-0.25, -0.2) is 15.0 Å². The number of nitrogens with two attached hydrogens (primary N) is 1. The third kappa shape index (κ3) is 2.55. The first-order valence-corrected chi connectivity index (χ1v) is 5.75. The summed E-state index contributed by atoms with van der Waals surface area (Å²) in [7, 11) is 0. The molecule has 0 amide bonds. The predicted molar refractivity (Wildman–Crippen MR) is 66.2 cm³/mol. The van der Waals surface area contributed by atoms with Gasteiger partial charge < -0.3 is 36.3 Å². The minimum Gasteiger partial charge on any atom is -0.394 e. The zero-order valence-electron chi connectivity index (χ0n) is 10.2. The molecule has 4 atom stereocenters. The first-order valence-electron chi connectivity index (χ1n) is 5.75. The molecule has 0 aliphatic carbocycles. The van der Waals surface area contributed by atoms with Crippen LogP contribution in [-0.4, -0.2) is 70.4 Å². The lowest BCUT2D eigenvalue weighted by molar-refractivity contribution is -0.117. The highest BCUT2D eigenvalue weighted by Crippen LogP contribution is 2.22. The molecule has 2 rings (SSSR count). The molecule has 10 heteroatoms. The minimum atomic E-state index is -1.76. The largest absolute Gasteiger partial charge is 0.394 e. The molecule has 2 aromatic rings. The van der Waals surface area contributed by atoms with Gasteiger partial charge in [0.25, 0.3) is 0 Å². The van der Waals surface area contributed by atoms with Crippen molar-refractivity contribution >= 4 is 17.0 Å². The van der Waals surface area contributed by atoms with Crippen molar-refractivity contribution in [1.82, 2.24) is 19.9 Å². The number of fused-ring (bicyclic) bond motifs is 1. The van der Waals surface area contributed by atoms with Crippen molar-refractivity contribution < 1.29 is 25.5 Å². The molecule has 8 N–H and O–H groups in total. The standard InChI is InChI=1S/C10H15N5O5/c11-8-4-9(13-2-12-8)15-10(14-4)7(20)6(19)5(18)3(17)1-16/h2-3,5-7,16-20H,1H2,(H3,11,12,13,14,15). The van der Waals surface area contributed by atoms with Gasteiger partial charge in [-0.05, 0) is 0 Å². The number of aliphatic hydroxyl groups is 5. The van der Waals surface area contributed by atoms with Gasteiger partial charge in [0.1, 0.15) is 42.1 Å². The Morgan fingerprint density at radius 2 is 1.85 bits per heavy atom. The molecule has 4 unspecified atom stereocenters. The van der Waals surface area contributed by atoms with Gasteiger partial charge in [0, 0.05) is 0 Å². The van der Waals surface area contributed by atoms with E-state index in [2.05, 4.69) is 19.9 Å².